The van der Waals surface area contributed by atoms with Crippen LogP contribution in [0.3, 0.4) is 0 Å². The van der Waals surface area contributed by atoms with Crippen molar-refractivity contribution in [2.75, 3.05) is 11.9 Å². The third kappa shape index (κ3) is 2.55. The van der Waals surface area contributed by atoms with Crippen molar-refractivity contribution in [3.05, 3.63) is 30.6 Å². The Kier molecular flexibility index (Phi) is 3.47. The molecule has 0 spiro atoms. The zero-order chi connectivity index (χ0) is 13.9. The molecule has 20 heavy (non-hydrogen) atoms. The van der Waals surface area contributed by atoms with Crippen molar-refractivity contribution in [3.8, 4) is 11.4 Å². The summed E-state index contributed by atoms with van der Waals surface area (Å²) in [6.07, 6.45) is 3.05. The molecule has 1 aromatic carbocycles. The molecule has 6 nitrogen and oxygen atoms in total. The van der Waals surface area contributed by atoms with Crippen molar-refractivity contribution in [1.29, 1.82) is 0 Å². The van der Waals surface area contributed by atoms with Gasteiger partial charge in [0.25, 0.3) is 5.91 Å². The normalized spacial score (nSPS) is 18.1. The SMILES string of the molecule is Cn1cnnc1-c1cccc(NC(=O)C2CCCO2)c1. The molecule has 1 fully saturated rings. The summed E-state index contributed by atoms with van der Waals surface area (Å²) >= 11 is 0. The zero-order valence-corrected chi connectivity index (χ0v) is 11.2. The molecule has 1 N–H and O–H groups in total. The molecule has 0 aliphatic carbocycles. The highest BCUT2D eigenvalue weighted by Gasteiger charge is 2.23. The van der Waals surface area contributed by atoms with E-state index < -0.39 is 0 Å². The molecule has 104 valence electrons. The van der Waals surface area contributed by atoms with Crippen LogP contribution >= 0.6 is 0 Å². The number of rotatable bonds is 3. The summed E-state index contributed by atoms with van der Waals surface area (Å²) in [6, 6.07) is 7.56. The number of carbonyl (C=O) groups is 1. The second-order valence-electron chi connectivity index (χ2n) is 4.84. The van der Waals surface area contributed by atoms with Gasteiger partial charge >= 0.3 is 0 Å². The van der Waals surface area contributed by atoms with Gasteiger partial charge in [-0.1, -0.05) is 12.1 Å². The average molecular weight is 272 g/mol. The minimum absolute atomic E-state index is 0.0855. The molecule has 2 aromatic rings. The van der Waals surface area contributed by atoms with Crippen LogP contribution in [0.4, 0.5) is 5.69 Å². The van der Waals surface area contributed by atoms with E-state index in [2.05, 4.69) is 15.5 Å². The molecule has 0 saturated carbocycles. The van der Waals surface area contributed by atoms with Gasteiger partial charge in [0.1, 0.15) is 12.4 Å². The first-order chi connectivity index (χ1) is 9.74. The smallest absolute Gasteiger partial charge is 0.253 e. The lowest BCUT2D eigenvalue weighted by Crippen LogP contribution is -2.26. The van der Waals surface area contributed by atoms with Crippen LogP contribution in [0.25, 0.3) is 11.4 Å². The third-order valence-corrected chi connectivity index (χ3v) is 3.32. The van der Waals surface area contributed by atoms with Crippen molar-refractivity contribution < 1.29 is 9.53 Å². The minimum atomic E-state index is -0.325. The van der Waals surface area contributed by atoms with Gasteiger partial charge in [-0.05, 0) is 25.0 Å². The van der Waals surface area contributed by atoms with Gasteiger partial charge in [0, 0.05) is 24.9 Å². The molecule has 1 amide bonds. The molecule has 1 aromatic heterocycles. The predicted molar refractivity (Wildman–Crippen MR) is 74.0 cm³/mol. The Morgan fingerprint density at radius 1 is 1.50 bits per heavy atom. The van der Waals surface area contributed by atoms with Crippen molar-refractivity contribution in [1.82, 2.24) is 14.8 Å². The van der Waals surface area contributed by atoms with Crippen LogP contribution in [-0.4, -0.2) is 33.4 Å². The lowest BCUT2D eigenvalue weighted by Gasteiger charge is -2.11. The quantitative estimate of drug-likeness (QED) is 0.921. The topological polar surface area (TPSA) is 69.0 Å². The van der Waals surface area contributed by atoms with E-state index in [9.17, 15) is 4.79 Å². The number of nitrogens with one attached hydrogen (secondary N) is 1. The maximum atomic E-state index is 12.0. The Balaban J connectivity index is 1.78. The fourth-order valence-electron chi connectivity index (χ4n) is 2.29. The van der Waals surface area contributed by atoms with Gasteiger partial charge in [0.15, 0.2) is 5.82 Å². The van der Waals surface area contributed by atoms with E-state index in [1.807, 2.05) is 35.9 Å². The molecule has 1 unspecified atom stereocenters. The van der Waals surface area contributed by atoms with Gasteiger partial charge in [-0.3, -0.25) is 4.79 Å². The number of aryl methyl sites for hydroxylation is 1. The summed E-state index contributed by atoms with van der Waals surface area (Å²) in [5.74, 6) is 0.677. The summed E-state index contributed by atoms with van der Waals surface area (Å²) in [7, 11) is 1.88. The first-order valence-corrected chi connectivity index (χ1v) is 6.61. The van der Waals surface area contributed by atoms with Gasteiger partial charge in [0.2, 0.25) is 0 Å². The number of nitrogens with zero attached hydrogens (tertiary/aromatic N) is 3. The zero-order valence-electron chi connectivity index (χ0n) is 11.2. The van der Waals surface area contributed by atoms with Gasteiger partial charge < -0.3 is 14.6 Å². The van der Waals surface area contributed by atoms with E-state index in [4.69, 9.17) is 4.74 Å². The number of hydrogen-bond acceptors (Lipinski definition) is 4. The minimum Gasteiger partial charge on any atom is -0.368 e. The molecule has 6 heteroatoms. The van der Waals surface area contributed by atoms with E-state index in [1.165, 1.54) is 0 Å². The maximum Gasteiger partial charge on any atom is 0.253 e. The Bertz CT molecular complexity index is 617. The summed E-state index contributed by atoms with van der Waals surface area (Å²) in [6.45, 7) is 0.664. The van der Waals surface area contributed by atoms with Crippen molar-refractivity contribution in [2.24, 2.45) is 7.05 Å². The summed E-state index contributed by atoms with van der Waals surface area (Å²) in [5, 5.41) is 10.8. The Labute approximate surface area is 116 Å². The molecule has 1 aliphatic heterocycles. The Morgan fingerprint density at radius 3 is 3.10 bits per heavy atom. The molecular formula is C14H16N4O2. The van der Waals surface area contributed by atoms with Crippen molar-refractivity contribution in [3.63, 3.8) is 0 Å². The highest BCUT2D eigenvalue weighted by molar-refractivity contribution is 5.94. The van der Waals surface area contributed by atoms with Crippen LogP contribution in [0.2, 0.25) is 0 Å². The fraction of sp³-hybridized carbons (Fsp3) is 0.357. The van der Waals surface area contributed by atoms with E-state index >= 15 is 0 Å². The van der Waals surface area contributed by atoms with E-state index in [0.29, 0.717) is 6.61 Å². The summed E-state index contributed by atoms with van der Waals surface area (Å²) < 4.78 is 7.20. The molecule has 1 atom stereocenters. The predicted octanol–water partition coefficient (Wildman–Crippen LogP) is 1.60. The van der Waals surface area contributed by atoms with Gasteiger partial charge in [-0.25, -0.2) is 0 Å². The number of hydrogen-bond donors (Lipinski definition) is 1. The van der Waals surface area contributed by atoms with Crippen LogP contribution in [-0.2, 0) is 16.6 Å². The van der Waals surface area contributed by atoms with Crippen LogP contribution in [0, 0.1) is 0 Å². The van der Waals surface area contributed by atoms with Gasteiger partial charge in [0.05, 0.1) is 0 Å². The lowest BCUT2D eigenvalue weighted by atomic mass is 10.1. The number of aromatic nitrogens is 3. The standard InChI is InChI=1S/C14H16N4O2/c1-18-9-15-17-13(18)10-4-2-5-11(8-10)16-14(19)12-6-3-7-20-12/h2,4-5,8-9,12H,3,6-7H2,1H3,(H,16,19). The number of benzene rings is 1. The number of carbonyl (C=O) groups excluding carboxylic acids is 1. The number of ether oxygens (including phenoxy) is 1. The van der Waals surface area contributed by atoms with Crippen LogP contribution in [0.15, 0.2) is 30.6 Å². The lowest BCUT2D eigenvalue weighted by molar-refractivity contribution is -0.124. The molecule has 2 heterocycles. The first-order valence-electron chi connectivity index (χ1n) is 6.61. The highest BCUT2D eigenvalue weighted by Crippen LogP contribution is 2.21. The number of anilines is 1. The Hall–Kier alpha value is -2.21. The third-order valence-electron chi connectivity index (χ3n) is 3.32. The summed E-state index contributed by atoms with van der Waals surface area (Å²) in [5.41, 5.74) is 1.65. The first kappa shape index (κ1) is 12.8. The fourth-order valence-corrected chi connectivity index (χ4v) is 2.29. The maximum absolute atomic E-state index is 12.0. The molecule has 0 radical (unpaired) electrons. The van der Waals surface area contributed by atoms with Crippen molar-refractivity contribution >= 4 is 11.6 Å². The van der Waals surface area contributed by atoms with Crippen LogP contribution in [0.1, 0.15) is 12.8 Å². The Morgan fingerprint density at radius 2 is 2.40 bits per heavy atom. The largest absolute Gasteiger partial charge is 0.368 e. The van der Waals surface area contributed by atoms with E-state index in [-0.39, 0.29) is 12.0 Å². The molecule has 1 saturated heterocycles. The van der Waals surface area contributed by atoms with Gasteiger partial charge in [-0.2, -0.15) is 0 Å². The average Bonchev–Trinajstić information content (AvgIpc) is 3.10. The molecule has 1 aliphatic rings. The van der Waals surface area contributed by atoms with E-state index in [1.54, 1.807) is 6.33 Å². The van der Waals surface area contributed by atoms with Gasteiger partial charge in [-0.15, -0.1) is 10.2 Å². The second kappa shape index (κ2) is 5.42. The van der Waals surface area contributed by atoms with Crippen LogP contribution < -0.4 is 5.32 Å². The monoisotopic (exact) mass is 272 g/mol. The molecular weight excluding hydrogens is 256 g/mol. The second-order valence-corrected chi connectivity index (χ2v) is 4.84. The van der Waals surface area contributed by atoms with Crippen molar-refractivity contribution in [2.45, 2.75) is 18.9 Å². The molecule has 3 rings (SSSR count). The molecule has 0 bridgehead atoms. The number of amides is 1. The van der Waals surface area contributed by atoms with Crippen LogP contribution in [0.5, 0.6) is 0 Å². The summed E-state index contributed by atoms with van der Waals surface area (Å²) in [4.78, 5) is 12.0. The van der Waals surface area contributed by atoms with E-state index in [0.717, 1.165) is 29.9 Å². The highest BCUT2D eigenvalue weighted by atomic mass is 16.5.